The van der Waals surface area contributed by atoms with E-state index in [0.29, 0.717) is 18.7 Å². The van der Waals surface area contributed by atoms with E-state index in [4.69, 9.17) is 28.8 Å². The van der Waals surface area contributed by atoms with Gasteiger partial charge in [0.25, 0.3) is 0 Å². The summed E-state index contributed by atoms with van der Waals surface area (Å²) in [7, 11) is 1.76. The van der Waals surface area contributed by atoms with E-state index in [2.05, 4.69) is 26.6 Å². The molecule has 0 spiro atoms. The number of rotatable bonds is 30. The van der Waals surface area contributed by atoms with Crippen LogP contribution in [0.5, 0.6) is 5.75 Å². The molecule has 270 valence electrons. The minimum absolute atomic E-state index is 0.0298. The summed E-state index contributed by atoms with van der Waals surface area (Å²) in [6.45, 7) is 3.66. The first-order valence-electron chi connectivity index (χ1n) is 15.6. The Labute approximate surface area is 280 Å². The van der Waals surface area contributed by atoms with Gasteiger partial charge in [0.2, 0.25) is 24.1 Å². The Kier molecular flexibility index (Phi) is 23.4. The third kappa shape index (κ3) is 21.6. The molecule has 0 aliphatic rings. The van der Waals surface area contributed by atoms with E-state index in [1.54, 1.807) is 14.0 Å². The van der Waals surface area contributed by atoms with E-state index < -0.39 is 12.0 Å². The van der Waals surface area contributed by atoms with E-state index in [1.807, 2.05) is 24.3 Å². The molecular formula is C31H49N5O12. The fraction of sp³-hybridized carbons (Fsp3) is 0.613. The highest BCUT2D eigenvalue weighted by Crippen LogP contribution is 2.13. The Morgan fingerprint density at radius 3 is 1.75 bits per heavy atom. The monoisotopic (exact) mass is 683 g/mol. The lowest BCUT2D eigenvalue weighted by molar-refractivity contribution is -0.141. The highest BCUT2D eigenvalue weighted by molar-refractivity contribution is 5.82. The van der Waals surface area contributed by atoms with Gasteiger partial charge < -0.3 is 55.4 Å². The molecule has 0 saturated carbocycles. The molecule has 6 N–H and O–H groups in total. The van der Waals surface area contributed by atoms with Crippen LogP contribution in [0.4, 0.5) is 0 Å². The van der Waals surface area contributed by atoms with E-state index in [9.17, 15) is 28.8 Å². The number of Topliss-reactive ketones (excluding diaryl/α,β-unsaturated/α-hetero) is 1. The summed E-state index contributed by atoms with van der Waals surface area (Å²) >= 11 is 0. The van der Waals surface area contributed by atoms with Gasteiger partial charge in [0, 0.05) is 19.5 Å². The van der Waals surface area contributed by atoms with Gasteiger partial charge in [-0.2, -0.15) is 0 Å². The van der Waals surface area contributed by atoms with Crippen molar-refractivity contribution < 1.29 is 57.6 Å². The van der Waals surface area contributed by atoms with Crippen molar-refractivity contribution in [2.24, 2.45) is 0 Å². The van der Waals surface area contributed by atoms with Crippen molar-refractivity contribution in [3.05, 3.63) is 29.8 Å². The zero-order chi connectivity index (χ0) is 35.4. The number of hydrogen-bond acceptors (Lipinski definition) is 12. The number of hydrogen-bond donors (Lipinski definition) is 6. The van der Waals surface area contributed by atoms with E-state index in [0.717, 1.165) is 5.56 Å². The van der Waals surface area contributed by atoms with Crippen LogP contribution in [-0.2, 0) is 54.1 Å². The van der Waals surface area contributed by atoms with E-state index in [1.165, 1.54) is 0 Å². The maximum absolute atomic E-state index is 11.9. The first-order valence-corrected chi connectivity index (χ1v) is 15.6. The summed E-state index contributed by atoms with van der Waals surface area (Å²) in [5.41, 5.74) is 1.01. The molecule has 0 bridgehead atoms. The van der Waals surface area contributed by atoms with Crippen LogP contribution >= 0.6 is 0 Å². The molecule has 0 aromatic heterocycles. The molecule has 0 saturated heterocycles. The Balaban J connectivity index is 1.91. The first-order chi connectivity index (χ1) is 23.2. The topological polar surface area (TPSA) is 229 Å². The number of benzene rings is 1. The fourth-order valence-electron chi connectivity index (χ4n) is 3.89. The van der Waals surface area contributed by atoms with Gasteiger partial charge in [0.1, 0.15) is 37.4 Å². The highest BCUT2D eigenvalue weighted by atomic mass is 16.5. The van der Waals surface area contributed by atoms with Gasteiger partial charge in [-0.15, -0.1) is 0 Å². The van der Waals surface area contributed by atoms with E-state index >= 15 is 0 Å². The number of carbonyl (C=O) groups is 6. The summed E-state index contributed by atoms with van der Waals surface area (Å²) in [6, 6.07) is 6.11. The van der Waals surface area contributed by atoms with Crippen molar-refractivity contribution in [3.8, 4) is 5.75 Å². The average Bonchev–Trinajstić information content (AvgIpc) is 3.06. The minimum atomic E-state index is -1.22. The second-order valence-electron chi connectivity index (χ2n) is 10.2. The standard InChI is InChI=1S/C31H49N5O12/c1-23(38)27(32-2)19-24-3-5-25(6-4-24)48-14-11-35-30(41)21-47-18-16-45-13-10-34-29(40)20-46-17-15-44-12-9-33-28(39)8-7-26(31(42)43)36-22-37/h3-6,22,26-27,32H,7-21H2,1-2H3,(H,33,39)(H,34,40)(H,35,41)(H,36,37)(H,42,43). The number of likely N-dealkylation sites (N-methyl/N-ethyl adjacent to an activating group) is 1. The van der Waals surface area contributed by atoms with Crippen LogP contribution < -0.4 is 31.3 Å². The van der Waals surface area contributed by atoms with Crippen LogP contribution in [-0.4, -0.2) is 139 Å². The lowest BCUT2D eigenvalue weighted by atomic mass is 10.0. The largest absolute Gasteiger partial charge is 0.492 e. The zero-order valence-electron chi connectivity index (χ0n) is 27.6. The minimum Gasteiger partial charge on any atom is -0.492 e. The van der Waals surface area contributed by atoms with Crippen molar-refractivity contribution in [1.82, 2.24) is 26.6 Å². The van der Waals surface area contributed by atoms with Crippen LogP contribution in [0.25, 0.3) is 0 Å². The smallest absolute Gasteiger partial charge is 0.326 e. The molecule has 0 aliphatic heterocycles. The lowest BCUT2D eigenvalue weighted by Crippen LogP contribution is -2.37. The number of aliphatic carboxylic acids is 1. The quantitative estimate of drug-likeness (QED) is 0.0388. The normalized spacial score (nSPS) is 12.0. The lowest BCUT2D eigenvalue weighted by Gasteiger charge is -2.13. The summed E-state index contributed by atoms with van der Waals surface area (Å²) in [5, 5.41) is 21.9. The van der Waals surface area contributed by atoms with Crippen LogP contribution in [0, 0.1) is 0 Å². The molecule has 4 amide bonds. The van der Waals surface area contributed by atoms with Crippen LogP contribution in [0.1, 0.15) is 25.3 Å². The van der Waals surface area contributed by atoms with Gasteiger partial charge in [-0.25, -0.2) is 4.79 Å². The molecule has 2 atom stereocenters. The second kappa shape index (κ2) is 26.9. The third-order valence-electron chi connectivity index (χ3n) is 6.47. The number of amides is 4. The number of carboxylic acid groups (broad SMARTS) is 1. The van der Waals surface area contributed by atoms with Gasteiger partial charge in [-0.05, 0) is 44.5 Å². The highest BCUT2D eigenvalue weighted by Gasteiger charge is 2.17. The van der Waals surface area contributed by atoms with Crippen LogP contribution in [0.2, 0.25) is 0 Å². The molecule has 0 fully saturated rings. The Bertz CT molecular complexity index is 1110. The third-order valence-corrected chi connectivity index (χ3v) is 6.47. The molecule has 1 aromatic carbocycles. The predicted molar refractivity (Wildman–Crippen MR) is 171 cm³/mol. The first kappa shape index (κ1) is 41.9. The van der Waals surface area contributed by atoms with Crippen molar-refractivity contribution >= 4 is 35.9 Å². The number of ketones is 1. The summed E-state index contributed by atoms with van der Waals surface area (Å²) in [5.74, 6) is -1.44. The van der Waals surface area contributed by atoms with Crippen molar-refractivity contribution in [3.63, 3.8) is 0 Å². The maximum Gasteiger partial charge on any atom is 0.326 e. The molecular weight excluding hydrogens is 634 g/mol. The molecule has 0 aliphatic carbocycles. The molecule has 17 nitrogen and oxygen atoms in total. The maximum atomic E-state index is 11.9. The molecule has 2 unspecified atom stereocenters. The molecule has 1 rings (SSSR count). The van der Waals surface area contributed by atoms with Gasteiger partial charge in [0.15, 0.2) is 0 Å². The van der Waals surface area contributed by atoms with Crippen molar-refractivity contribution in [2.75, 3.05) is 86.1 Å². The van der Waals surface area contributed by atoms with Gasteiger partial charge >= 0.3 is 5.97 Å². The van der Waals surface area contributed by atoms with Gasteiger partial charge in [-0.3, -0.25) is 24.0 Å². The van der Waals surface area contributed by atoms with Crippen LogP contribution in [0.15, 0.2) is 24.3 Å². The molecule has 17 heteroatoms. The Morgan fingerprint density at radius 2 is 1.25 bits per heavy atom. The number of carboxylic acids is 1. The Hall–Kier alpha value is -4.16. The number of carbonyl (C=O) groups excluding carboxylic acids is 5. The molecule has 0 radical (unpaired) electrons. The van der Waals surface area contributed by atoms with E-state index in [-0.39, 0.29) is 121 Å². The molecule has 0 heterocycles. The molecule has 1 aromatic rings. The Morgan fingerprint density at radius 1 is 0.729 bits per heavy atom. The summed E-state index contributed by atoms with van der Waals surface area (Å²) in [4.78, 5) is 68.2. The molecule has 48 heavy (non-hydrogen) atoms. The predicted octanol–water partition coefficient (Wildman–Crippen LogP) is -1.82. The number of nitrogens with one attached hydrogen (secondary N) is 5. The second-order valence-corrected chi connectivity index (χ2v) is 10.2. The summed E-state index contributed by atoms with van der Waals surface area (Å²) < 4.78 is 26.8. The van der Waals surface area contributed by atoms with Crippen LogP contribution in [0.3, 0.4) is 0 Å². The van der Waals surface area contributed by atoms with Crippen molar-refractivity contribution in [2.45, 2.75) is 38.3 Å². The van der Waals surface area contributed by atoms with Gasteiger partial charge in [0.05, 0.1) is 52.2 Å². The summed E-state index contributed by atoms with van der Waals surface area (Å²) in [6.07, 6.45) is 0.782. The SMILES string of the molecule is CNC(Cc1ccc(OCCNC(=O)COCCOCCNC(=O)COCCOCCNC(=O)CCC(NC=O)C(=O)O)cc1)C(C)=O. The zero-order valence-corrected chi connectivity index (χ0v) is 27.6. The number of ether oxygens (including phenoxy) is 5. The van der Waals surface area contributed by atoms with Gasteiger partial charge in [-0.1, -0.05) is 12.1 Å². The van der Waals surface area contributed by atoms with Crippen molar-refractivity contribution in [1.29, 1.82) is 0 Å². The average molecular weight is 684 g/mol. The fourth-order valence-corrected chi connectivity index (χ4v) is 3.89.